The molecule has 0 bridgehead atoms. The van der Waals surface area contributed by atoms with E-state index in [0.29, 0.717) is 24.8 Å². The van der Waals surface area contributed by atoms with Gasteiger partial charge in [-0.3, -0.25) is 4.79 Å². The highest BCUT2D eigenvalue weighted by atomic mass is 32.2. The van der Waals surface area contributed by atoms with Crippen molar-refractivity contribution < 1.29 is 26.4 Å². The van der Waals surface area contributed by atoms with Gasteiger partial charge in [0.1, 0.15) is 4.21 Å². The van der Waals surface area contributed by atoms with Crippen molar-refractivity contribution in [3.8, 4) is 0 Å². The average molecular weight is 489 g/mol. The molecule has 1 atom stereocenters. The number of carbonyl (C=O) groups excluding carboxylic acids is 1. The van der Waals surface area contributed by atoms with Crippen molar-refractivity contribution in [1.82, 2.24) is 9.62 Å². The molecule has 1 unspecified atom stereocenters. The molecule has 2 heterocycles. The topological polar surface area (TPSA) is 66.5 Å². The molecule has 5 nitrogen and oxygen atoms in total. The van der Waals surface area contributed by atoms with Crippen molar-refractivity contribution in [3.05, 3.63) is 52.9 Å². The molecule has 1 aromatic carbocycles. The number of carbonyl (C=O) groups is 1. The van der Waals surface area contributed by atoms with Crippen molar-refractivity contribution in [3.63, 3.8) is 0 Å². The van der Waals surface area contributed by atoms with E-state index in [4.69, 9.17) is 0 Å². The maximum atomic E-state index is 13.1. The number of halogens is 3. The predicted molar refractivity (Wildman–Crippen MR) is 118 cm³/mol. The van der Waals surface area contributed by atoms with E-state index < -0.39 is 27.8 Å². The highest BCUT2D eigenvalue weighted by Gasteiger charge is 2.34. The molecular formula is C22H27F3N2O3S2. The third-order valence-electron chi connectivity index (χ3n) is 5.55. The Morgan fingerprint density at radius 3 is 2.44 bits per heavy atom. The highest BCUT2D eigenvalue weighted by Crippen LogP contribution is 2.33. The van der Waals surface area contributed by atoms with Crippen molar-refractivity contribution in [2.75, 3.05) is 13.1 Å². The number of thiophene rings is 1. The molecule has 1 aliphatic rings. The summed E-state index contributed by atoms with van der Waals surface area (Å²) in [7, 11) is -3.55. The summed E-state index contributed by atoms with van der Waals surface area (Å²) in [6.07, 6.45) is -3.22. The minimum absolute atomic E-state index is 0.160. The maximum absolute atomic E-state index is 13.1. The zero-order chi connectivity index (χ0) is 23.5. The van der Waals surface area contributed by atoms with Crippen LogP contribution >= 0.6 is 11.3 Å². The third-order valence-corrected chi connectivity index (χ3v) is 8.83. The van der Waals surface area contributed by atoms with Crippen LogP contribution in [0, 0.1) is 11.8 Å². The molecule has 1 saturated heterocycles. The maximum Gasteiger partial charge on any atom is 0.416 e. The van der Waals surface area contributed by atoms with Gasteiger partial charge in [-0.2, -0.15) is 17.5 Å². The summed E-state index contributed by atoms with van der Waals surface area (Å²) in [5.74, 6) is -0.473. The number of hydrogen-bond donors (Lipinski definition) is 1. The molecule has 10 heteroatoms. The van der Waals surface area contributed by atoms with Gasteiger partial charge in [0.05, 0.1) is 11.6 Å². The van der Waals surface area contributed by atoms with E-state index in [1.807, 2.05) is 13.8 Å². The highest BCUT2D eigenvalue weighted by molar-refractivity contribution is 7.91. The minimum atomic E-state index is -4.46. The molecule has 2 aromatic rings. The molecule has 0 aliphatic carbocycles. The number of piperidine rings is 1. The molecule has 176 valence electrons. The number of alkyl halides is 3. The lowest BCUT2D eigenvalue weighted by atomic mass is 9.93. The van der Waals surface area contributed by atoms with E-state index in [0.717, 1.165) is 23.5 Å². The van der Waals surface area contributed by atoms with Crippen molar-refractivity contribution in [1.29, 1.82) is 0 Å². The van der Waals surface area contributed by atoms with Gasteiger partial charge in [0.25, 0.3) is 10.0 Å². The Morgan fingerprint density at radius 1 is 1.19 bits per heavy atom. The zero-order valence-electron chi connectivity index (χ0n) is 17.9. The van der Waals surface area contributed by atoms with Gasteiger partial charge >= 0.3 is 6.18 Å². The van der Waals surface area contributed by atoms with Crippen LogP contribution in [0.3, 0.4) is 0 Å². The molecule has 1 aliphatic heterocycles. The van der Waals surface area contributed by atoms with E-state index in [9.17, 15) is 26.4 Å². The van der Waals surface area contributed by atoms with E-state index in [-0.39, 0.29) is 35.0 Å². The Kier molecular flexibility index (Phi) is 7.67. The Labute approximate surface area is 190 Å². The van der Waals surface area contributed by atoms with Gasteiger partial charge in [-0.1, -0.05) is 32.0 Å². The summed E-state index contributed by atoms with van der Waals surface area (Å²) in [5.41, 5.74) is -0.329. The second kappa shape index (κ2) is 9.93. The van der Waals surface area contributed by atoms with Crippen LogP contribution < -0.4 is 5.32 Å². The largest absolute Gasteiger partial charge is 0.416 e. The number of benzene rings is 1. The normalized spacial score (nSPS) is 17.4. The first kappa shape index (κ1) is 24.7. The molecule has 1 aromatic heterocycles. The molecule has 3 rings (SSSR count). The number of amides is 1. The quantitative estimate of drug-likeness (QED) is 0.592. The first-order valence-corrected chi connectivity index (χ1v) is 12.8. The monoisotopic (exact) mass is 488 g/mol. The summed E-state index contributed by atoms with van der Waals surface area (Å²) in [5, 5.41) is 4.63. The molecule has 0 spiro atoms. The number of rotatable bonds is 7. The van der Waals surface area contributed by atoms with Crippen LogP contribution in [0.4, 0.5) is 13.2 Å². The van der Waals surface area contributed by atoms with E-state index in [1.165, 1.54) is 10.4 Å². The number of hydrogen-bond acceptors (Lipinski definition) is 4. The first-order chi connectivity index (χ1) is 15.0. The smallest absolute Gasteiger partial charge is 0.349 e. The summed E-state index contributed by atoms with van der Waals surface area (Å²) in [6, 6.07) is 7.75. The van der Waals surface area contributed by atoms with Crippen LogP contribution in [0.1, 0.15) is 50.3 Å². The third kappa shape index (κ3) is 5.90. The van der Waals surface area contributed by atoms with Gasteiger partial charge in [0.2, 0.25) is 5.91 Å². The van der Waals surface area contributed by atoms with Crippen LogP contribution in [0.5, 0.6) is 0 Å². The minimum Gasteiger partial charge on any atom is -0.349 e. The number of sulfonamides is 1. The van der Waals surface area contributed by atoms with Crippen molar-refractivity contribution >= 4 is 27.3 Å². The summed E-state index contributed by atoms with van der Waals surface area (Å²) in [6.45, 7) is 4.36. The lowest BCUT2D eigenvalue weighted by Crippen LogP contribution is -2.43. The van der Waals surface area contributed by atoms with Crippen LogP contribution in [0.2, 0.25) is 0 Å². The fourth-order valence-electron chi connectivity index (χ4n) is 3.87. The summed E-state index contributed by atoms with van der Waals surface area (Å²) < 4.78 is 66.4. The van der Waals surface area contributed by atoms with Crippen LogP contribution in [-0.2, 0) is 21.0 Å². The van der Waals surface area contributed by atoms with Gasteiger partial charge in [-0.25, -0.2) is 8.42 Å². The van der Waals surface area contributed by atoms with Crippen LogP contribution in [0.15, 0.2) is 46.0 Å². The Morgan fingerprint density at radius 2 is 1.88 bits per heavy atom. The van der Waals surface area contributed by atoms with Gasteiger partial charge in [0.15, 0.2) is 0 Å². The standard InChI is InChI=1S/C22H27F3N2O3S2/c1-15(2)13-19(17-5-3-6-18(14-17)22(23,24)25)26-21(28)16-8-10-27(11-9-16)32(29,30)20-7-4-12-31-20/h3-7,12,14-16,19H,8-11,13H2,1-2H3,(H,26,28). The molecular weight excluding hydrogens is 461 g/mol. The molecule has 1 fully saturated rings. The second-order valence-electron chi connectivity index (χ2n) is 8.42. The molecule has 32 heavy (non-hydrogen) atoms. The summed E-state index contributed by atoms with van der Waals surface area (Å²) >= 11 is 1.16. The van der Waals surface area contributed by atoms with Gasteiger partial charge in [-0.05, 0) is 54.3 Å². The van der Waals surface area contributed by atoms with E-state index >= 15 is 0 Å². The predicted octanol–water partition coefficient (Wildman–Crippen LogP) is 5.07. The summed E-state index contributed by atoms with van der Waals surface area (Å²) in [4.78, 5) is 12.9. The average Bonchev–Trinajstić information content (AvgIpc) is 3.28. The first-order valence-electron chi connectivity index (χ1n) is 10.5. The molecule has 0 saturated carbocycles. The lowest BCUT2D eigenvalue weighted by molar-refractivity contribution is -0.137. The van der Waals surface area contributed by atoms with Crippen molar-refractivity contribution in [2.45, 2.75) is 49.5 Å². The van der Waals surface area contributed by atoms with Crippen LogP contribution in [-0.4, -0.2) is 31.7 Å². The van der Waals surface area contributed by atoms with E-state index in [1.54, 1.807) is 23.6 Å². The van der Waals surface area contributed by atoms with Crippen molar-refractivity contribution in [2.24, 2.45) is 11.8 Å². The molecule has 1 N–H and O–H groups in total. The fraction of sp³-hybridized carbons (Fsp3) is 0.500. The van der Waals surface area contributed by atoms with E-state index in [2.05, 4.69) is 5.32 Å². The zero-order valence-corrected chi connectivity index (χ0v) is 19.6. The Hall–Kier alpha value is -1.91. The van der Waals surface area contributed by atoms with Crippen LogP contribution in [0.25, 0.3) is 0 Å². The number of nitrogens with one attached hydrogen (secondary N) is 1. The lowest BCUT2D eigenvalue weighted by Gasteiger charge is -2.31. The Bertz CT molecular complexity index is 1010. The number of nitrogens with zero attached hydrogens (tertiary/aromatic N) is 1. The van der Waals surface area contributed by atoms with Gasteiger partial charge in [0, 0.05) is 19.0 Å². The second-order valence-corrected chi connectivity index (χ2v) is 11.5. The fourth-order valence-corrected chi connectivity index (χ4v) is 6.48. The van der Waals surface area contributed by atoms with Gasteiger partial charge in [-0.15, -0.1) is 11.3 Å². The van der Waals surface area contributed by atoms with Gasteiger partial charge < -0.3 is 5.32 Å². The Balaban J connectivity index is 1.68. The SMILES string of the molecule is CC(C)CC(NC(=O)C1CCN(S(=O)(=O)c2cccs2)CC1)c1cccc(C(F)(F)F)c1. The molecule has 0 radical (unpaired) electrons. The molecule has 1 amide bonds.